The molecule has 0 atom stereocenters. The smallest absolute Gasteiger partial charge is 0.308 e. The predicted octanol–water partition coefficient (Wildman–Crippen LogP) is 0.989. The van der Waals surface area contributed by atoms with Crippen LogP contribution < -0.4 is 10.6 Å². The Morgan fingerprint density at radius 2 is 1.60 bits per heavy atom. The molecule has 5 aliphatic rings. The molecule has 8 heteroatoms. The zero-order chi connectivity index (χ0) is 21.3. The van der Waals surface area contributed by atoms with Crippen LogP contribution in [0.1, 0.15) is 57.8 Å². The first-order valence-corrected chi connectivity index (χ1v) is 11.3. The highest BCUT2D eigenvalue weighted by Crippen LogP contribution is 2.60. The Morgan fingerprint density at radius 3 is 2.17 bits per heavy atom. The van der Waals surface area contributed by atoms with Crippen molar-refractivity contribution in [1.82, 2.24) is 15.5 Å². The fraction of sp³-hybridized carbons (Fsp3) is 0.818. The minimum atomic E-state index is -0.523. The SMILES string of the molecule is CN(CC(=O)NC1CC1)C(=O)COC(=O)CCNC(=O)C12CC3CC(CC(C3)C1)C2. The van der Waals surface area contributed by atoms with Crippen molar-refractivity contribution in [2.24, 2.45) is 23.2 Å². The van der Waals surface area contributed by atoms with Gasteiger partial charge in [0.05, 0.1) is 13.0 Å². The molecule has 5 fully saturated rings. The van der Waals surface area contributed by atoms with Crippen LogP contribution in [0.25, 0.3) is 0 Å². The van der Waals surface area contributed by atoms with Crippen molar-refractivity contribution < 1.29 is 23.9 Å². The number of hydrogen-bond donors (Lipinski definition) is 2. The molecule has 0 heterocycles. The van der Waals surface area contributed by atoms with Crippen molar-refractivity contribution in [3.63, 3.8) is 0 Å². The van der Waals surface area contributed by atoms with Crippen LogP contribution in [0.4, 0.5) is 0 Å². The van der Waals surface area contributed by atoms with E-state index < -0.39 is 18.5 Å². The van der Waals surface area contributed by atoms with E-state index in [1.165, 1.54) is 31.2 Å². The van der Waals surface area contributed by atoms with E-state index in [-0.39, 0.29) is 42.8 Å². The number of ether oxygens (including phenoxy) is 1. The molecule has 2 N–H and O–H groups in total. The van der Waals surface area contributed by atoms with Crippen molar-refractivity contribution in [2.75, 3.05) is 26.7 Å². The lowest BCUT2D eigenvalue weighted by Crippen LogP contribution is -2.53. The number of nitrogens with one attached hydrogen (secondary N) is 2. The topological polar surface area (TPSA) is 105 Å². The molecule has 8 nitrogen and oxygen atoms in total. The minimum Gasteiger partial charge on any atom is -0.456 e. The summed E-state index contributed by atoms with van der Waals surface area (Å²) >= 11 is 0. The highest BCUT2D eigenvalue weighted by atomic mass is 16.5. The molecular weight excluding hydrogens is 386 g/mol. The molecule has 3 amide bonds. The number of rotatable bonds is 9. The monoisotopic (exact) mass is 419 g/mol. The molecule has 0 aliphatic heterocycles. The van der Waals surface area contributed by atoms with Gasteiger partial charge in [0, 0.05) is 25.0 Å². The van der Waals surface area contributed by atoms with Gasteiger partial charge in [0.2, 0.25) is 11.8 Å². The second-order valence-corrected chi connectivity index (χ2v) is 9.96. The first-order valence-electron chi connectivity index (χ1n) is 11.3. The van der Waals surface area contributed by atoms with Gasteiger partial charge >= 0.3 is 5.97 Å². The zero-order valence-corrected chi connectivity index (χ0v) is 17.8. The van der Waals surface area contributed by atoms with Crippen molar-refractivity contribution in [3.05, 3.63) is 0 Å². The van der Waals surface area contributed by atoms with Gasteiger partial charge in [0.1, 0.15) is 0 Å². The second kappa shape index (κ2) is 8.55. The van der Waals surface area contributed by atoms with Crippen LogP contribution in [-0.4, -0.2) is 61.4 Å². The first-order chi connectivity index (χ1) is 14.3. The summed E-state index contributed by atoms with van der Waals surface area (Å²) in [6, 6.07) is 0.243. The molecular formula is C22H33N3O5. The molecule has 30 heavy (non-hydrogen) atoms. The average Bonchev–Trinajstić information content (AvgIpc) is 3.48. The number of nitrogens with zero attached hydrogens (tertiary/aromatic N) is 1. The van der Waals surface area contributed by atoms with Crippen molar-refractivity contribution >= 4 is 23.7 Å². The van der Waals surface area contributed by atoms with E-state index in [0.29, 0.717) is 17.8 Å². The molecule has 0 radical (unpaired) electrons. The van der Waals surface area contributed by atoms with E-state index in [4.69, 9.17) is 4.74 Å². The summed E-state index contributed by atoms with van der Waals surface area (Å²) in [7, 11) is 1.51. The summed E-state index contributed by atoms with van der Waals surface area (Å²) in [5.41, 5.74) is -0.224. The number of hydrogen-bond acceptors (Lipinski definition) is 5. The molecule has 0 aromatic carbocycles. The summed E-state index contributed by atoms with van der Waals surface area (Å²) in [4.78, 5) is 49.8. The molecule has 5 saturated carbocycles. The van der Waals surface area contributed by atoms with Crippen LogP contribution in [0.2, 0.25) is 0 Å². The van der Waals surface area contributed by atoms with E-state index in [0.717, 1.165) is 32.1 Å². The summed E-state index contributed by atoms with van der Waals surface area (Å²) in [6.07, 6.45) is 8.83. The lowest BCUT2D eigenvalue weighted by molar-refractivity contribution is -0.152. The van der Waals surface area contributed by atoms with Crippen LogP contribution in [0.3, 0.4) is 0 Å². The lowest BCUT2D eigenvalue weighted by Gasteiger charge is -2.55. The van der Waals surface area contributed by atoms with Crippen LogP contribution in [0, 0.1) is 23.2 Å². The quantitative estimate of drug-likeness (QED) is 0.542. The lowest BCUT2D eigenvalue weighted by atomic mass is 9.49. The van der Waals surface area contributed by atoms with Gasteiger partial charge in [-0.2, -0.15) is 0 Å². The van der Waals surface area contributed by atoms with Crippen molar-refractivity contribution in [2.45, 2.75) is 63.8 Å². The molecule has 4 bridgehead atoms. The number of carbonyl (C=O) groups excluding carboxylic acids is 4. The summed E-state index contributed by atoms with van der Waals surface area (Å²) in [5.74, 6) is 1.03. The Hall–Kier alpha value is -2.12. The largest absolute Gasteiger partial charge is 0.456 e. The third-order valence-corrected chi connectivity index (χ3v) is 7.24. The highest BCUT2D eigenvalue weighted by molar-refractivity contribution is 5.86. The van der Waals surface area contributed by atoms with Gasteiger partial charge in [-0.3, -0.25) is 19.2 Å². The maximum Gasteiger partial charge on any atom is 0.308 e. The molecule has 0 saturated heterocycles. The summed E-state index contributed by atoms with van der Waals surface area (Å²) < 4.78 is 5.02. The third-order valence-electron chi connectivity index (χ3n) is 7.24. The zero-order valence-electron chi connectivity index (χ0n) is 17.8. The first kappa shape index (κ1) is 21.1. The molecule has 0 spiro atoms. The predicted molar refractivity (Wildman–Crippen MR) is 108 cm³/mol. The number of amides is 3. The molecule has 5 rings (SSSR count). The summed E-state index contributed by atoms with van der Waals surface area (Å²) in [5, 5.41) is 5.75. The number of esters is 1. The van der Waals surface area contributed by atoms with Gasteiger partial charge in [-0.25, -0.2) is 0 Å². The van der Waals surface area contributed by atoms with E-state index in [2.05, 4.69) is 10.6 Å². The minimum absolute atomic E-state index is 0.0390. The molecule has 5 aliphatic carbocycles. The second-order valence-electron chi connectivity index (χ2n) is 9.96. The normalized spacial score (nSPS) is 31.2. The molecule has 166 valence electrons. The van der Waals surface area contributed by atoms with Gasteiger partial charge < -0.3 is 20.3 Å². The Labute approximate surface area is 177 Å². The van der Waals surface area contributed by atoms with Crippen molar-refractivity contribution in [3.8, 4) is 0 Å². The maximum absolute atomic E-state index is 12.9. The van der Waals surface area contributed by atoms with Gasteiger partial charge in [-0.05, 0) is 69.1 Å². The Balaban J connectivity index is 1.12. The van der Waals surface area contributed by atoms with E-state index in [1.54, 1.807) is 0 Å². The van der Waals surface area contributed by atoms with Crippen LogP contribution in [0.15, 0.2) is 0 Å². The van der Waals surface area contributed by atoms with Crippen LogP contribution in [0.5, 0.6) is 0 Å². The van der Waals surface area contributed by atoms with Gasteiger partial charge in [-0.15, -0.1) is 0 Å². The maximum atomic E-state index is 12.9. The van der Waals surface area contributed by atoms with Gasteiger partial charge in [-0.1, -0.05) is 0 Å². The Morgan fingerprint density at radius 1 is 1.00 bits per heavy atom. The Kier molecular flexibility index (Phi) is 6.02. The summed E-state index contributed by atoms with van der Waals surface area (Å²) in [6.45, 7) is -0.212. The van der Waals surface area contributed by atoms with Gasteiger partial charge in [0.25, 0.3) is 5.91 Å². The molecule has 0 aromatic heterocycles. The third kappa shape index (κ3) is 4.95. The Bertz CT molecular complexity index is 682. The highest BCUT2D eigenvalue weighted by Gasteiger charge is 2.54. The van der Waals surface area contributed by atoms with Gasteiger partial charge in [0.15, 0.2) is 6.61 Å². The van der Waals surface area contributed by atoms with Crippen molar-refractivity contribution in [1.29, 1.82) is 0 Å². The van der Waals surface area contributed by atoms with Crippen LogP contribution in [-0.2, 0) is 23.9 Å². The van der Waals surface area contributed by atoms with E-state index in [9.17, 15) is 19.2 Å². The van der Waals surface area contributed by atoms with E-state index >= 15 is 0 Å². The molecule has 0 unspecified atom stereocenters. The number of carbonyl (C=O) groups is 4. The number of likely N-dealkylation sites (N-methyl/N-ethyl adjacent to an activating group) is 1. The molecule has 0 aromatic rings. The van der Waals surface area contributed by atoms with E-state index in [1.807, 2.05) is 0 Å². The van der Waals surface area contributed by atoms with Crippen LogP contribution >= 0.6 is 0 Å². The fourth-order valence-corrected chi connectivity index (χ4v) is 5.98. The standard InChI is InChI=1S/C22H33N3O5/c1-25(12-18(26)24-17-2-3-17)19(27)13-30-20(28)4-5-23-21(29)22-9-14-6-15(10-22)8-16(7-14)11-22/h14-17H,2-13H2,1H3,(H,23,29)(H,24,26). The average molecular weight is 420 g/mol. The fourth-order valence-electron chi connectivity index (χ4n) is 5.98.